The number of carbonyl (C=O) groups excluding carboxylic acids is 2. The standard InChI is InChI=1S/C40H39N7O4/c1-24-37(25(2)51-46-24)30-20-34-29(21-35(30)50-3)39-31(22-43-34)38(45-47(39)23-26-16-17-27-11-6-7-12-28(27)19-26)40(49)42-18-10-4-5-15-36(48)44-33-14-9-8-13-32(33)41/h6-9,11-14,16-17,19-22H,4-5,10,15,18,23,41H2,1-3H3,(H,42,49)(H,44,48). The average Bonchev–Trinajstić information content (AvgIpc) is 3.68. The number of pyridine rings is 1. The zero-order valence-corrected chi connectivity index (χ0v) is 28.8. The number of methoxy groups -OCH3 is 1. The van der Waals surface area contributed by atoms with Crippen LogP contribution in [0.5, 0.6) is 5.75 Å². The maximum absolute atomic E-state index is 13.7. The van der Waals surface area contributed by atoms with Crippen molar-refractivity contribution < 1.29 is 18.8 Å². The van der Waals surface area contributed by atoms with Crippen LogP contribution in [0, 0.1) is 13.8 Å². The van der Waals surface area contributed by atoms with E-state index in [1.54, 1.807) is 25.4 Å². The Labute approximate surface area is 294 Å². The van der Waals surface area contributed by atoms with Crippen molar-refractivity contribution in [1.29, 1.82) is 0 Å². The average molecular weight is 682 g/mol. The molecule has 0 aliphatic rings. The maximum Gasteiger partial charge on any atom is 0.272 e. The highest BCUT2D eigenvalue weighted by Crippen LogP contribution is 2.39. The SMILES string of the molecule is COc1cc2c(cc1-c1c(C)noc1C)ncc1c(C(=O)NCCCCCC(=O)Nc3ccccc3N)nn(Cc3ccc4ccccc4c3)c12. The quantitative estimate of drug-likeness (QED) is 0.0883. The van der Waals surface area contributed by atoms with Gasteiger partial charge in [0.2, 0.25) is 5.91 Å². The fourth-order valence-corrected chi connectivity index (χ4v) is 6.60. The van der Waals surface area contributed by atoms with E-state index in [1.807, 2.05) is 54.9 Å². The Morgan fingerprint density at radius 2 is 1.73 bits per heavy atom. The molecule has 3 aromatic heterocycles. The van der Waals surface area contributed by atoms with Gasteiger partial charge in [-0.25, -0.2) is 0 Å². The van der Waals surface area contributed by atoms with Gasteiger partial charge in [-0.2, -0.15) is 5.10 Å². The van der Waals surface area contributed by atoms with Crippen LogP contribution in [0.3, 0.4) is 0 Å². The lowest BCUT2D eigenvalue weighted by atomic mass is 10.00. The van der Waals surface area contributed by atoms with Crippen molar-refractivity contribution >= 4 is 55.8 Å². The van der Waals surface area contributed by atoms with E-state index in [2.05, 4.69) is 46.1 Å². The zero-order chi connectivity index (χ0) is 35.5. The van der Waals surface area contributed by atoms with Crippen molar-refractivity contribution in [2.45, 2.75) is 46.1 Å². The van der Waals surface area contributed by atoms with Crippen LogP contribution < -0.4 is 21.1 Å². The summed E-state index contributed by atoms with van der Waals surface area (Å²) >= 11 is 0. The van der Waals surface area contributed by atoms with Gasteiger partial charge in [0.25, 0.3) is 5.91 Å². The van der Waals surface area contributed by atoms with Gasteiger partial charge in [-0.3, -0.25) is 19.3 Å². The molecule has 7 aromatic rings. The normalized spacial score (nSPS) is 11.4. The molecule has 51 heavy (non-hydrogen) atoms. The van der Waals surface area contributed by atoms with Crippen molar-refractivity contribution in [3.05, 3.63) is 108 Å². The smallest absolute Gasteiger partial charge is 0.272 e. The second-order valence-electron chi connectivity index (χ2n) is 12.7. The molecule has 0 saturated carbocycles. The van der Waals surface area contributed by atoms with Crippen LogP contribution in [0.4, 0.5) is 11.4 Å². The molecule has 0 aliphatic carbocycles. The predicted octanol–water partition coefficient (Wildman–Crippen LogP) is 7.58. The summed E-state index contributed by atoms with van der Waals surface area (Å²) in [7, 11) is 1.63. The van der Waals surface area contributed by atoms with E-state index in [0.717, 1.165) is 56.0 Å². The Morgan fingerprint density at radius 3 is 2.51 bits per heavy atom. The van der Waals surface area contributed by atoms with Gasteiger partial charge >= 0.3 is 0 Å². The highest BCUT2D eigenvalue weighted by molar-refractivity contribution is 6.13. The number of amides is 2. The van der Waals surface area contributed by atoms with Crippen LogP contribution in [-0.4, -0.2) is 45.4 Å². The number of carbonyl (C=O) groups is 2. The Morgan fingerprint density at radius 1 is 0.922 bits per heavy atom. The number of ether oxygens (including phenoxy) is 1. The third-order valence-electron chi connectivity index (χ3n) is 9.16. The molecule has 0 bridgehead atoms. The molecule has 0 spiro atoms. The maximum atomic E-state index is 13.7. The van der Waals surface area contributed by atoms with Crippen LogP contribution in [0.2, 0.25) is 0 Å². The van der Waals surface area contributed by atoms with Crippen LogP contribution >= 0.6 is 0 Å². The lowest BCUT2D eigenvalue weighted by Crippen LogP contribution is -2.25. The van der Waals surface area contributed by atoms with Gasteiger partial charge in [0.05, 0.1) is 52.7 Å². The number of benzene rings is 4. The van der Waals surface area contributed by atoms with Crippen molar-refractivity contribution in [2.24, 2.45) is 0 Å². The first-order chi connectivity index (χ1) is 24.8. The van der Waals surface area contributed by atoms with Crippen LogP contribution in [0.25, 0.3) is 43.7 Å². The van der Waals surface area contributed by atoms with Crippen molar-refractivity contribution in [3.63, 3.8) is 0 Å². The molecule has 0 atom stereocenters. The van der Waals surface area contributed by atoms with Gasteiger partial charge in [0, 0.05) is 30.1 Å². The molecule has 7 rings (SSSR count). The zero-order valence-electron chi connectivity index (χ0n) is 28.8. The largest absolute Gasteiger partial charge is 0.496 e. The first-order valence-electron chi connectivity index (χ1n) is 17.0. The minimum Gasteiger partial charge on any atom is -0.496 e. The molecule has 0 saturated heterocycles. The third-order valence-corrected chi connectivity index (χ3v) is 9.16. The first-order valence-corrected chi connectivity index (χ1v) is 17.0. The van der Waals surface area contributed by atoms with Crippen LogP contribution in [0.1, 0.15) is 53.2 Å². The van der Waals surface area contributed by atoms with Gasteiger partial charge in [-0.05, 0) is 73.4 Å². The van der Waals surface area contributed by atoms with Crippen molar-refractivity contribution in [3.8, 4) is 16.9 Å². The fourth-order valence-electron chi connectivity index (χ4n) is 6.60. The number of anilines is 2. The van der Waals surface area contributed by atoms with Gasteiger partial charge < -0.3 is 25.6 Å². The third kappa shape index (κ3) is 6.83. The van der Waals surface area contributed by atoms with E-state index in [9.17, 15) is 9.59 Å². The molecule has 4 N–H and O–H groups in total. The molecule has 2 amide bonds. The van der Waals surface area contributed by atoms with E-state index < -0.39 is 0 Å². The summed E-state index contributed by atoms with van der Waals surface area (Å²) < 4.78 is 13.2. The number of nitrogen functional groups attached to an aromatic ring is 1. The number of aromatic nitrogens is 4. The number of hydrogen-bond acceptors (Lipinski definition) is 8. The molecule has 0 unspecified atom stereocenters. The lowest BCUT2D eigenvalue weighted by Gasteiger charge is -2.12. The molecule has 3 heterocycles. The molecular formula is C40H39N7O4. The minimum absolute atomic E-state index is 0.0875. The summed E-state index contributed by atoms with van der Waals surface area (Å²) in [6, 6.07) is 25.7. The number of nitrogens with one attached hydrogen (secondary N) is 2. The van der Waals surface area contributed by atoms with E-state index >= 15 is 0 Å². The monoisotopic (exact) mass is 681 g/mol. The number of fused-ring (bicyclic) bond motifs is 4. The van der Waals surface area contributed by atoms with E-state index in [0.29, 0.717) is 66.3 Å². The summed E-state index contributed by atoms with van der Waals surface area (Å²) in [5.74, 6) is 0.953. The minimum atomic E-state index is -0.282. The molecule has 11 nitrogen and oxygen atoms in total. The van der Waals surface area contributed by atoms with Gasteiger partial charge in [-0.15, -0.1) is 0 Å². The molecule has 258 valence electrons. The molecule has 4 aromatic carbocycles. The second-order valence-corrected chi connectivity index (χ2v) is 12.7. The van der Waals surface area contributed by atoms with E-state index in [-0.39, 0.29) is 11.8 Å². The molecule has 0 radical (unpaired) electrons. The molecule has 0 aliphatic heterocycles. The summed E-state index contributed by atoms with van der Waals surface area (Å²) in [6.45, 7) is 4.66. The summed E-state index contributed by atoms with van der Waals surface area (Å²) in [5.41, 5.74) is 12.4. The molecule has 11 heteroatoms. The fraction of sp³-hybridized carbons (Fsp3) is 0.225. The Kier molecular flexibility index (Phi) is 9.34. The van der Waals surface area contributed by atoms with Crippen LogP contribution in [0.15, 0.2) is 89.6 Å². The topological polar surface area (TPSA) is 150 Å². The number of para-hydroxylation sites is 2. The second kappa shape index (κ2) is 14.3. The van der Waals surface area contributed by atoms with Gasteiger partial charge in [0.15, 0.2) is 5.69 Å². The highest BCUT2D eigenvalue weighted by Gasteiger charge is 2.23. The Bertz CT molecular complexity index is 2390. The first kappa shape index (κ1) is 33.3. The highest BCUT2D eigenvalue weighted by atomic mass is 16.5. The van der Waals surface area contributed by atoms with Crippen LogP contribution in [-0.2, 0) is 11.3 Å². The summed E-state index contributed by atoms with van der Waals surface area (Å²) in [5, 5.41) is 18.7. The number of rotatable bonds is 12. The predicted molar refractivity (Wildman–Crippen MR) is 200 cm³/mol. The van der Waals surface area contributed by atoms with Crippen molar-refractivity contribution in [2.75, 3.05) is 24.7 Å². The van der Waals surface area contributed by atoms with Gasteiger partial charge in [-0.1, -0.05) is 60.1 Å². The van der Waals surface area contributed by atoms with E-state index in [1.165, 1.54) is 0 Å². The summed E-state index contributed by atoms with van der Waals surface area (Å²) in [4.78, 5) is 30.9. The Hall–Kier alpha value is -6.23. The van der Waals surface area contributed by atoms with Gasteiger partial charge in [0.1, 0.15) is 11.5 Å². The number of hydrogen-bond donors (Lipinski definition) is 3. The van der Waals surface area contributed by atoms with Crippen molar-refractivity contribution in [1.82, 2.24) is 25.2 Å². The number of unbranched alkanes of at least 4 members (excludes halogenated alkanes) is 2. The molecular weight excluding hydrogens is 642 g/mol. The summed E-state index contributed by atoms with van der Waals surface area (Å²) in [6.07, 6.45) is 4.26. The number of aryl methyl sites for hydroxylation is 2. The Balaban J connectivity index is 1.14. The lowest BCUT2D eigenvalue weighted by molar-refractivity contribution is -0.116. The number of nitrogens with zero attached hydrogens (tertiary/aromatic N) is 4. The number of nitrogens with two attached hydrogens (primary N) is 1. The van der Waals surface area contributed by atoms with E-state index in [4.69, 9.17) is 25.1 Å². The molecule has 0 fully saturated rings.